The highest BCUT2D eigenvalue weighted by Crippen LogP contribution is 2.09. The van der Waals surface area contributed by atoms with Crippen LogP contribution in [-0.2, 0) is 0 Å². The number of hydrogen-bond donors (Lipinski definition) is 3. The average Bonchev–Trinajstić information content (AvgIpc) is 2.01. The van der Waals surface area contributed by atoms with Gasteiger partial charge in [0.15, 0.2) is 0 Å². The molecule has 0 aromatic carbocycles. The van der Waals surface area contributed by atoms with Gasteiger partial charge in [0.25, 0.3) is 0 Å². The molecule has 1 aromatic heterocycles. The molecule has 2 unspecified atom stereocenters. The van der Waals surface area contributed by atoms with Gasteiger partial charge in [-0.05, 0) is 32.4 Å². The fourth-order valence-electron chi connectivity index (χ4n) is 1.35. The van der Waals surface area contributed by atoms with Crippen LogP contribution in [0.4, 0.5) is 11.6 Å². The average molecular weight is 195 g/mol. The molecule has 0 bridgehead atoms. The Morgan fingerprint density at radius 1 is 1.50 bits per heavy atom. The number of aromatic nitrogens is 1. The van der Waals surface area contributed by atoms with Gasteiger partial charge in [0.1, 0.15) is 11.6 Å². The molecular formula is C10H17N3O. The normalized spacial score (nSPS) is 14.8. The summed E-state index contributed by atoms with van der Waals surface area (Å²) < 4.78 is 0. The molecular weight excluding hydrogens is 178 g/mol. The summed E-state index contributed by atoms with van der Waals surface area (Å²) in [5.41, 5.74) is 5.54. The highest BCUT2D eigenvalue weighted by molar-refractivity contribution is 5.42. The van der Waals surface area contributed by atoms with Gasteiger partial charge in [-0.25, -0.2) is 4.98 Å². The van der Waals surface area contributed by atoms with Gasteiger partial charge >= 0.3 is 0 Å². The summed E-state index contributed by atoms with van der Waals surface area (Å²) in [4.78, 5) is 4.11. The lowest BCUT2D eigenvalue weighted by molar-refractivity contribution is 0.179. The SMILES string of the molecule is CC(O)CC(C)Nc1cccc(N)n1. The minimum Gasteiger partial charge on any atom is -0.393 e. The van der Waals surface area contributed by atoms with Gasteiger partial charge in [0.2, 0.25) is 0 Å². The van der Waals surface area contributed by atoms with Crippen molar-refractivity contribution < 1.29 is 5.11 Å². The molecule has 78 valence electrons. The zero-order valence-corrected chi connectivity index (χ0v) is 8.57. The number of aliphatic hydroxyl groups is 1. The van der Waals surface area contributed by atoms with Crippen molar-refractivity contribution in [3.05, 3.63) is 18.2 Å². The second kappa shape index (κ2) is 4.81. The van der Waals surface area contributed by atoms with Crippen molar-refractivity contribution >= 4 is 11.6 Å². The Morgan fingerprint density at radius 3 is 2.79 bits per heavy atom. The predicted molar refractivity (Wildman–Crippen MR) is 58.0 cm³/mol. The molecule has 0 aliphatic heterocycles. The number of hydrogen-bond acceptors (Lipinski definition) is 4. The molecule has 4 N–H and O–H groups in total. The fraction of sp³-hybridized carbons (Fsp3) is 0.500. The van der Waals surface area contributed by atoms with Crippen molar-refractivity contribution in [3.8, 4) is 0 Å². The lowest BCUT2D eigenvalue weighted by atomic mass is 10.1. The topological polar surface area (TPSA) is 71.2 Å². The number of nitrogens with zero attached hydrogens (tertiary/aromatic N) is 1. The van der Waals surface area contributed by atoms with Crippen molar-refractivity contribution in [2.75, 3.05) is 11.1 Å². The molecule has 2 atom stereocenters. The van der Waals surface area contributed by atoms with Crippen LogP contribution >= 0.6 is 0 Å². The second-order valence-electron chi connectivity index (χ2n) is 3.58. The van der Waals surface area contributed by atoms with Crippen molar-refractivity contribution in [2.24, 2.45) is 0 Å². The van der Waals surface area contributed by atoms with Crippen LogP contribution in [0.5, 0.6) is 0 Å². The third-order valence-corrected chi connectivity index (χ3v) is 1.86. The standard InChI is InChI=1S/C10H17N3O/c1-7(6-8(2)14)12-10-5-3-4-9(11)13-10/h3-5,7-8,14H,6H2,1-2H3,(H3,11,12,13). The largest absolute Gasteiger partial charge is 0.393 e. The minimum absolute atomic E-state index is 0.185. The zero-order chi connectivity index (χ0) is 10.6. The molecule has 0 fully saturated rings. The van der Waals surface area contributed by atoms with Crippen molar-refractivity contribution in [1.29, 1.82) is 0 Å². The minimum atomic E-state index is -0.307. The van der Waals surface area contributed by atoms with Crippen LogP contribution < -0.4 is 11.1 Å². The summed E-state index contributed by atoms with van der Waals surface area (Å²) in [7, 11) is 0. The maximum Gasteiger partial charge on any atom is 0.128 e. The Morgan fingerprint density at radius 2 is 2.21 bits per heavy atom. The Balaban J connectivity index is 2.51. The van der Waals surface area contributed by atoms with E-state index in [9.17, 15) is 5.11 Å². The Bertz CT molecular complexity index is 288. The number of pyridine rings is 1. The van der Waals surface area contributed by atoms with E-state index in [4.69, 9.17) is 5.73 Å². The van der Waals surface area contributed by atoms with E-state index in [-0.39, 0.29) is 12.1 Å². The van der Waals surface area contributed by atoms with Crippen molar-refractivity contribution in [1.82, 2.24) is 4.98 Å². The molecule has 0 radical (unpaired) electrons. The number of nitrogens with one attached hydrogen (secondary N) is 1. The molecule has 4 heteroatoms. The van der Waals surface area contributed by atoms with E-state index in [0.717, 1.165) is 5.82 Å². The van der Waals surface area contributed by atoms with E-state index in [1.807, 2.05) is 19.1 Å². The van der Waals surface area contributed by atoms with Gasteiger partial charge in [0, 0.05) is 6.04 Å². The maximum absolute atomic E-state index is 9.17. The van der Waals surface area contributed by atoms with Crippen LogP contribution in [0.25, 0.3) is 0 Å². The van der Waals surface area contributed by atoms with Crippen molar-refractivity contribution in [3.63, 3.8) is 0 Å². The van der Waals surface area contributed by atoms with E-state index in [1.54, 1.807) is 13.0 Å². The summed E-state index contributed by atoms with van der Waals surface area (Å²) in [5.74, 6) is 1.25. The third kappa shape index (κ3) is 3.62. The van der Waals surface area contributed by atoms with Crippen LogP contribution in [-0.4, -0.2) is 22.2 Å². The number of anilines is 2. The van der Waals surface area contributed by atoms with Gasteiger partial charge in [-0.1, -0.05) is 6.07 Å². The fourth-order valence-corrected chi connectivity index (χ4v) is 1.35. The van der Waals surface area contributed by atoms with E-state index in [0.29, 0.717) is 12.2 Å². The molecule has 0 spiro atoms. The summed E-state index contributed by atoms with van der Waals surface area (Å²) in [5, 5.41) is 12.3. The molecule has 0 amide bonds. The first-order chi connectivity index (χ1) is 6.58. The van der Waals surface area contributed by atoms with Gasteiger partial charge < -0.3 is 16.2 Å². The summed E-state index contributed by atoms with van der Waals surface area (Å²) in [6.45, 7) is 3.77. The lowest BCUT2D eigenvalue weighted by Gasteiger charge is -2.15. The molecule has 1 heterocycles. The highest BCUT2D eigenvalue weighted by atomic mass is 16.3. The Labute approximate surface area is 84.2 Å². The lowest BCUT2D eigenvalue weighted by Crippen LogP contribution is -2.21. The molecule has 0 saturated carbocycles. The molecule has 1 aromatic rings. The number of rotatable bonds is 4. The molecule has 0 saturated heterocycles. The first-order valence-corrected chi connectivity index (χ1v) is 4.75. The monoisotopic (exact) mass is 195 g/mol. The van der Waals surface area contributed by atoms with Crippen LogP contribution in [0.1, 0.15) is 20.3 Å². The highest BCUT2D eigenvalue weighted by Gasteiger charge is 2.06. The zero-order valence-electron chi connectivity index (χ0n) is 8.57. The van der Waals surface area contributed by atoms with Crippen LogP contribution in [0.15, 0.2) is 18.2 Å². The molecule has 4 nitrogen and oxygen atoms in total. The van der Waals surface area contributed by atoms with Gasteiger partial charge in [0.05, 0.1) is 6.10 Å². The van der Waals surface area contributed by atoms with E-state index in [2.05, 4.69) is 10.3 Å². The summed E-state index contributed by atoms with van der Waals surface area (Å²) >= 11 is 0. The Kier molecular flexibility index (Phi) is 3.71. The van der Waals surface area contributed by atoms with Gasteiger partial charge in [-0.3, -0.25) is 0 Å². The number of nitrogens with two attached hydrogens (primary N) is 1. The molecule has 1 rings (SSSR count). The molecule has 14 heavy (non-hydrogen) atoms. The Hall–Kier alpha value is -1.29. The summed E-state index contributed by atoms with van der Waals surface area (Å²) in [6.07, 6.45) is 0.384. The number of aliphatic hydroxyl groups excluding tert-OH is 1. The van der Waals surface area contributed by atoms with E-state index in [1.165, 1.54) is 0 Å². The first-order valence-electron chi connectivity index (χ1n) is 4.75. The predicted octanol–water partition coefficient (Wildman–Crippen LogP) is 1.24. The van der Waals surface area contributed by atoms with Crippen LogP contribution in [0.2, 0.25) is 0 Å². The second-order valence-corrected chi connectivity index (χ2v) is 3.58. The van der Waals surface area contributed by atoms with Crippen LogP contribution in [0.3, 0.4) is 0 Å². The van der Waals surface area contributed by atoms with Gasteiger partial charge in [-0.2, -0.15) is 0 Å². The van der Waals surface area contributed by atoms with Crippen LogP contribution in [0, 0.1) is 0 Å². The van der Waals surface area contributed by atoms with Crippen molar-refractivity contribution in [2.45, 2.75) is 32.4 Å². The van der Waals surface area contributed by atoms with E-state index < -0.39 is 0 Å². The summed E-state index contributed by atoms with van der Waals surface area (Å²) in [6, 6.07) is 5.63. The van der Waals surface area contributed by atoms with Gasteiger partial charge in [-0.15, -0.1) is 0 Å². The quantitative estimate of drug-likeness (QED) is 0.676. The first kappa shape index (κ1) is 10.8. The third-order valence-electron chi connectivity index (χ3n) is 1.86. The number of nitrogen functional groups attached to an aromatic ring is 1. The molecule has 0 aliphatic carbocycles. The smallest absolute Gasteiger partial charge is 0.128 e. The maximum atomic E-state index is 9.17. The van der Waals surface area contributed by atoms with E-state index >= 15 is 0 Å². The molecule has 0 aliphatic rings.